The zero-order valence-corrected chi connectivity index (χ0v) is 12.5. The zero-order chi connectivity index (χ0) is 16.2. The number of carboxylic acids is 1. The number of carbonyl (C=O) groups excluding carboxylic acids is 1. The van der Waals surface area contributed by atoms with Crippen LogP contribution in [0.25, 0.3) is 0 Å². The lowest BCUT2D eigenvalue weighted by molar-refractivity contribution is 0.0696. The molecule has 0 fully saturated rings. The number of ether oxygens (including phenoxy) is 1. The van der Waals surface area contributed by atoms with Crippen molar-refractivity contribution in [3.8, 4) is 0 Å². The van der Waals surface area contributed by atoms with E-state index in [1.54, 1.807) is 12.1 Å². The molecule has 1 unspecified atom stereocenters. The Morgan fingerprint density at radius 2 is 1.83 bits per heavy atom. The summed E-state index contributed by atoms with van der Waals surface area (Å²) in [7, 11) is 0. The van der Waals surface area contributed by atoms with Crippen LogP contribution in [0.5, 0.6) is 0 Å². The van der Waals surface area contributed by atoms with E-state index in [2.05, 4.69) is 5.32 Å². The third-order valence-electron chi connectivity index (χ3n) is 3.92. The molecular weight excluding hydrogens is 294 g/mol. The summed E-state index contributed by atoms with van der Waals surface area (Å²) in [6, 6.07) is 14.5. The highest BCUT2D eigenvalue weighted by molar-refractivity contribution is 5.88. The highest BCUT2D eigenvalue weighted by Crippen LogP contribution is 2.23. The minimum absolute atomic E-state index is 0.0580. The largest absolute Gasteiger partial charge is 0.478 e. The average Bonchev–Trinajstić information content (AvgIpc) is 2.95. The lowest BCUT2D eigenvalue weighted by atomic mass is 10.1. The first-order valence-electron chi connectivity index (χ1n) is 7.44. The van der Waals surface area contributed by atoms with Gasteiger partial charge < -0.3 is 15.2 Å². The summed E-state index contributed by atoms with van der Waals surface area (Å²) in [4.78, 5) is 22.9. The molecule has 0 heterocycles. The summed E-state index contributed by atoms with van der Waals surface area (Å²) >= 11 is 0. The summed E-state index contributed by atoms with van der Waals surface area (Å²) in [6.07, 6.45) is 0.858. The van der Waals surface area contributed by atoms with Crippen molar-refractivity contribution in [1.29, 1.82) is 0 Å². The standard InChI is InChI=1S/C18H17NO4/c20-17(21)14-7-6-13-9-16(10-15(13)8-14)19-18(22)23-11-12-4-2-1-3-5-12/h1-8,16H,9-11H2,(H,19,22)(H,20,21). The van der Waals surface area contributed by atoms with Crippen LogP contribution in [0.15, 0.2) is 48.5 Å². The molecule has 23 heavy (non-hydrogen) atoms. The van der Waals surface area contributed by atoms with E-state index < -0.39 is 12.1 Å². The minimum atomic E-state index is -0.938. The number of rotatable bonds is 4. The van der Waals surface area contributed by atoms with E-state index in [-0.39, 0.29) is 18.2 Å². The monoisotopic (exact) mass is 311 g/mol. The van der Waals surface area contributed by atoms with Gasteiger partial charge in [-0.3, -0.25) is 0 Å². The number of fused-ring (bicyclic) bond motifs is 1. The van der Waals surface area contributed by atoms with E-state index in [4.69, 9.17) is 9.84 Å². The van der Waals surface area contributed by atoms with E-state index in [1.165, 1.54) is 0 Å². The SMILES string of the molecule is O=C(NC1Cc2ccc(C(=O)O)cc2C1)OCc1ccccc1. The molecule has 3 rings (SSSR count). The Kier molecular flexibility index (Phi) is 4.28. The Hall–Kier alpha value is -2.82. The van der Waals surface area contributed by atoms with Crippen LogP contribution < -0.4 is 5.32 Å². The maximum atomic E-state index is 11.9. The van der Waals surface area contributed by atoms with Crippen LogP contribution in [0.3, 0.4) is 0 Å². The fourth-order valence-corrected chi connectivity index (χ4v) is 2.78. The van der Waals surface area contributed by atoms with Gasteiger partial charge in [0.1, 0.15) is 6.61 Å². The second-order valence-corrected chi connectivity index (χ2v) is 5.60. The first-order valence-corrected chi connectivity index (χ1v) is 7.44. The molecule has 0 saturated carbocycles. The summed E-state index contributed by atoms with van der Waals surface area (Å²) in [5, 5.41) is 11.9. The van der Waals surface area contributed by atoms with Crippen LogP contribution >= 0.6 is 0 Å². The second kappa shape index (κ2) is 6.52. The van der Waals surface area contributed by atoms with Crippen LogP contribution in [-0.2, 0) is 24.2 Å². The number of hydrogen-bond acceptors (Lipinski definition) is 3. The summed E-state index contributed by atoms with van der Waals surface area (Å²) in [6.45, 7) is 0.232. The molecule has 0 aliphatic heterocycles. The predicted molar refractivity (Wildman–Crippen MR) is 84.4 cm³/mol. The quantitative estimate of drug-likeness (QED) is 0.910. The van der Waals surface area contributed by atoms with Crippen molar-refractivity contribution in [2.45, 2.75) is 25.5 Å². The van der Waals surface area contributed by atoms with E-state index in [9.17, 15) is 9.59 Å². The van der Waals surface area contributed by atoms with Crippen molar-refractivity contribution in [1.82, 2.24) is 5.32 Å². The van der Waals surface area contributed by atoms with Gasteiger partial charge in [-0.05, 0) is 41.7 Å². The van der Waals surface area contributed by atoms with Gasteiger partial charge in [-0.25, -0.2) is 9.59 Å². The molecule has 2 aromatic rings. The number of benzene rings is 2. The number of hydrogen-bond donors (Lipinski definition) is 2. The summed E-state index contributed by atoms with van der Waals surface area (Å²) < 4.78 is 5.21. The molecule has 0 bridgehead atoms. The number of carbonyl (C=O) groups is 2. The number of aromatic carboxylic acids is 1. The van der Waals surface area contributed by atoms with E-state index in [1.807, 2.05) is 36.4 Å². The Balaban J connectivity index is 1.53. The Bertz CT molecular complexity index is 727. The van der Waals surface area contributed by atoms with Gasteiger partial charge in [-0.2, -0.15) is 0 Å². The normalized spacial score (nSPS) is 15.7. The minimum Gasteiger partial charge on any atom is -0.478 e. The molecule has 5 nitrogen and oxygen atoms in total. The molecule has 0 radical (unpaired) electrons. The molecule has 1 atom stereocenters. The van der Waals surface area contributed by atoms with Crippen molar-refractivity contribution in [2.24, 2.45) is 0 Å². The van der Waals surface area contributed by atoms with E-state index >= 15 is 0 Å². The van der Waals surface area contributed by atoms with Gasteiger partial charge in [0.25, 0.3) is 0 Å². The molecule has 0 spiro atoms. The third kappa shape index (κ3) is 3.69. The van der Waals surface area contributed by atoms with Crippen LogP contribution in [0, 0.1) is 0 Å². The number of nitrogens with one attached hydrogen (secondary N) is 1. The molecule has 118 valence electrons. The molecule has 1 aliphatic rings. The van der Waals surface area contributed by atoms with Gasteiger partial charge >= 0.3 is 12.1 Å². The smallest absolute Gasteiger partial charge is 0.407 e. The van der Waals surface area contributed by atoms with Crippen molar-refractivity contribution in [3.05, 3.63) is 70.8 Å². The number of carboxylic acid groups (broad SMARTS) is 1. The van der Waals surface area contributed by atoms with Crippen LogP contribution in [-0.4, -0.2) is 23.2 Å². The van der Waals surface area contributed by atoms with Gasteiger partial charge in [0.05, 0.1) is 5.56 Å². The van der Waals surface area contributed by atoms with E-state index in [0.29, 0.717) is 12.8 Å². The number of amides is 1. The molecule has 0 saturated heterocycles. The summed E-state index contributed by atoms with van der Waals surface area (Å²) in [5.41, 5.74) is 3.25. The Labute approximate surface area is 133 Å². The topological polar surface area (TPSA) is 75.6 Å². The van der Waals surface area contributed by atoms with Gasteiger partial charge in [-0.15, -0.1) is 0 Å². The molecule has 5 heteroatoms. The second-order valence-electron chi connectivity index (χ2n) is 5.60. The zero-order valence-electron chi connectivity index (χ0n) is 12.5. The van der Waals surface area contributed by atoms with E-state index in [0.717, 1.165) is 16.7 Å². The van der Waals surface area contributed by atoms with Gasteiger partial charge in [0, 0.05) is 6.04 Å². The van der Waals surface area contributed by atoms with Crippen molar-refractivity contribution in [2.75, 3.05) is 0 Å². The fourth-order valence-electron chi connectivity index (χ4n) is 2.78. The van der Waals surface area contributed by atoms with Gasteiger partial charge in [-0.1, -0.05) is 36.4 Å². The fraction of sp³-hybridized carbons (Fsp3) is 0.222. The lowest BCUT2D eigenvalue weighted by Crippen LogP contribution is -2.35. The van der Waals surface area contributed by atoms with Crippen molar-refractivity contribution in [3.63, 3.8) is 0 Å². The molecule has 1 aliphatic carbocycles. The Morgan fingerprint density at radius 3 is 2.57 bits per heavy atom. The van der Waals surface area contributed by atoms with Gasteiger partial charge in [0.15, 0.2) is 0 Å². The highest BCUT2D eigenvalue weighted by Gasteiger charge is 2.24. The van der Waals surface area contributed by atoms with Crippen LogP contribution in [0.2, 0.25) is 0 Å². The molecule has 2 N–H and O–H groups in total. The van der Waals surface area contributed by atoms with Crippen molar-refractivity contribution >= 4 is 12.1 Å². The lowest BCUT2D eigenvalue weighted by Gasteiger charge is -2.12. The molecule has 2 aromatic carbocycles. The van der Waals surface area contributed by atoms with Crippen LogP contribution in [0.4, 0.5) is 4.79 Å². The molecule has 1 amide bonds. The number of alkyl carbamates (subject to hydrolysis) is 1. The average molecular weight is 311 g/mol. The maximum Gasteiger partial charge on any atom is 0.407 e. The highest BCUT2D eigenvalue weighted by atomic mass is 16.5. The van der Waals surface area contributed by atoms with Gasteiger partial charge in [0.2, 0.25) is 0 Å². The first kappa shape index (κ1) is 15.1. The molecular formula is C18H17NO4. The predicted octanol–water partition coefficient (Wildman–Crippen LogP) is 2.78. The molecule has 0 aromatic heterocycles. The maximum absolute atomic E-state index is 11.9. The van der Waals surface area contributed by atoms with Crippen LogP contribution in [0.1, 0.15) is 27.0 Å². The Morgan fingerprint density at radius 1 is 1.09 bits per heavy atom. The van der Waals surface area contributed by atoms with Crippen molar-refractivity contribution < 1.29 is 19.4 Å². The first-order chi connectivity index (χ1) is 11.1. The third-order valence-corrected chi connectivity index (χ3v) is 3.92. The summed E-state index contributed by atoms with van der Waals surface area (Å²) in [5.74, 6) is -0.938.